The van der Waals surface area contributed by atoms with E-state index < -0.39 is 0 Å². The van der Waals surface area contributed by atoms with Crippen LogP contribution in [0.5, 0.6) is 0 Å². The van der Waals surface area contributed by atoms with E-state index in [2.05, 4.69) is 21.3 Å². The summed E-state index contributed by atoms with van der Waals surface area (Å²) in [5.74, 6) is 0.825. The summed E-state index contributed by atoms with van der Waals surface area (Å²) in [5, 5.41) is 3.92. The van der Waals surface area contributed by atoms with Gasteiger partial charge in [-0.3, -0.25) is 4.79 Å². The maximum Gasteiger partial charge on any atom is 0.253 e. The van der Waals surface area contributed by atoms with Crippen molar-refractivity contribution in [3.8, 4) is 0 Å². The van der Waals surface area contributed by atoms with Gasteiger partial charge in [0.15, 0.2) is 0 Å². The Morgan fingerprint density at radius 2 is 2.00 bits per heavy atom. The van der Waals surface area contributed by atoms with Gasteiger partial charge in [0, 0.05) is 42.3 Å². The Labute approximate surface area is 182 Å². The van der Waals surface area contributed by atoms with Gasteiger partial charge in [-0.25, -0.2) is 4.98 Å². The average Bonchev–Trinajstić information content (AvgIpc) is 2.80. The first kappa shape index (κ1) is 21.1. The predicted octanol–water partition coefficient (Wildman–Crippen LogP) is 3.14. The fourth-order valence-corrected chi connectivity index (χ4v) is 4.70. The van der Waals surface area contributed by atoms with Gasteiger partial charge in [-0.15, -0.1) is 0 Å². The number of ether oxygens (including phenoxy) is 1. The first-order valence-electron chi connectivity index (χ1n) is 10.7. The summed E-state index contributed by atoms with van der Waals surface area (Å²) >= 11 is 6.20. The number of benzene rings is 1. The molecule has 2 aromatic rings. The third-order valence-corrected chi connectivity index (χ3v) is 6.69. The Bertz CT molecular complexity index is 860. The molecule has 1 amide bonds. The van der Waals surface area contributed by atoms with Crippen molar-refractivity contribution in [2.45, 2.75) is 37.1 Å². The number of nitrogens with two attached hydrogens (primary N) is 1. The summed E-state index contributed by atoms with van der Waals surface area (Å²) < 4.78 is 5.38. The Kier molecular flexibility index (Phi) is 6.56. The Morgan fingerprint density at radius 3 is 2.63 bits per heavy atom. The van der Waals surface area contributed by atoms with Gasteiger partial charge in [-0.05, 0) is 55.5 Å². The van der Waals surface area contributed by atoms with Gasteiger partial charge in [0.25, 0.3) is 5.91 Å². The van der Waals surface area contributed by atoms with Crippen molar-refractivity contribution in [2.75, 3.05) is 37.7 Å². The van der Waals surface area contributed by atoms with Crippen LogP contribution in [-0.4, -0.2) is 49.8 Å². The molecule has 4 rings (SSSR count). The highest BCUT2D eigenvalue weighted by Crippen LogP contribution is 2.39. The lowest BCUT2D eigenvalue weighted by molar-refractivity contribution is 0.0917. The van der Waals surface area contributed by atoms with Crippen LogP contribution in [0.2, 0.25) is 5.02 Å². The molecule has 1 aromatic carbocycles. The van der Waals surface area contributed by atoms with Crippen LogP contribution in [0, 0.1) is 0 Å². The van der Waals surface area contributed by atoms with Crippen molar-refractivity contribution in [3.05, 3.63) is 58.7 Å². The van der Waals surface area contributed by atoms with Gasteiger partial charge in [0.2, 0.25) is 0 Å². The number of aromatic nitrogens is 1. The van der Waals surface area contributed by atoms with Crippen molar-refractivity contribution in [3.63, 3.8) is 0 Å². The number of anilines is 1. The molecule has 0 spiro atoms. The molecule has 0 atom stereocenters. The van der Waals surface area contributed by atoms with Crippen LogP contribution in [0.3, 0.4) is 0 Å². The molecule has 2 fully saturated rings. The molecule has 3 N–H and O–H groups in total. The maximum atomic E-state index is 12.7. The maximum absolute atomic E-state index is 12.7. The van der Waals surface area contributed by atoms with Gasteiger partial charge in [0.1, 0.15) is 5.82 Å². The number of pyridine rings is 1. The van der Waals surface area contributed by atoms with Gasteiger partial charge in [-0.1, -0.05) is 23.7 Å². The number of hydrogen-bond donors (Lipinski definition) is 2. The standard InChI is InChI=1S/C23H29ClN4O2/c24-19-3-1-2-18(14-19)23(16-25)8-6-20(7-9-23)27-22(29)17-4-5-21(26-15-17)28-10-12-30-13-11-28/h1-5,14-15,20H,6-13,16,25H2,(H,27,29)/t20-,23-. The highest BCUT2D eigenvalue weighted by atomic mass is 35.5. The second kappa shape index (κ2) is 9.33. The van der Waals surface area contributed by atoms with Crippen LogP contribution in [-0.2, 0) is 10.2 Å². The lowest BCUT2D eigenvalue weighted by Crippen LogP contribution is -2.45. The van der Waals surface area contributed by atoms with Gasteiger partial charge >= 0.3 is 0 Å². The fourth-order valence-electron chi connectivity index (χ4n) is 4.51. The van der Waals surface area contributed by atoms with E-state index in [1.54, 1.807) is 6.20 Å². The van der Waals surface area contributed by atoms with Crippen LogP contribution < -0.4 is 16.0 Å². The smallest absolute Gasteiger partial charge is 0.253 e. The lowest BCUT2D eigenvalue weighted by Gasteiger charge is -2.40. The molecule has 6 nitrogen and oxygen atoms in total. The number of nitrogens with one attached hydrogen (secondary N) is 1. The van der Waals surface area contributed by atoms with Crippen LogP contribution in [0.25, 0.3) is 0 Å². The topological polar surface area (TPSA) is 80.5 Å². The summed E-state index contributed by atoms with van der Waals surface area (Å²) in [6.45, 7) is 3.67. The number of carbonyl (C=O) groups is 1. The highest BCUT2D eigenvalue weighted by Gasteiger charge is 2.36. The minimum atomic E-state index is -0.0657. The summed E-state index contributed by atoms with van der Waals surface area (Å²) in [6, 6.07) is 11.9. The minimum absolute atomic E-state index is 0.0620. The minimum Gasteiger partial charge on any atom is -0.378 e. The molecular formula is C23H29ClN4O2. The molecule has 160 valence electrons. The molecule has 1 aliphatic carbocycles. The van der Waals surface area contributed by atoms with Crippen LogP contribution in [0.15, 0.2) is 42.6 Å². The van der Waals surface area contributed by atoms with Gasteiger partial charge < -0.3 is 20.7 Å². The van der Waals surface area contributed by atoms with Gasteiger partial charge in [-0.2, -0.15) is 0 Å². The molecule has 2 aliphatic rings. The first-order chi connectivity index (χ1) is 14.6. The molecule has 0 radical (unpaired) electrons. The summed E-state index contributed by atoms with van der Waals surface area (Å²) in [5.41, 5.74) is 7.92. The number of morpholine rings is 1. The molecule has 0 bridgehead atoms. The molecule has 1 saturated carbocycles. The quantitative estimate of drug-likeness (QED) is 0.764. The van der Waals surface area contributed by atoms with Crippen molar-refractivity contribution in [2.24, 2.45) is 5.73 Å². The zero-order valence-corrected chi connectivity index (χ0v) is 17.9. The first-order valence-corrected chi connectivity index (χ1v) is 11.0. The normalized spacial score (nSPS) is 24.5. The highest BCUT2D eigenvalue weighted by molar-refractivity contribution is 6.30. The third-order valence-electron chi connectivity index (χ3n) is 6.45. The summed E-state index contributed by atoms with van der Waals surface area (Å²) in [6.07, 6.45) is 5.33. The van der Waals surface area contributed by atoms with Crippen molar-refractivity contribution in [1.29, 1.82) is 0 Å². The Hall–Kier alpha value is -2.15. The summed E-state index contributed by atoms with van der Waals surface area (Å²) in [4.78, 5) is 19.4. The number of hydrogen-bond acceptors (Lipinski definition) is 5. The lowest BCUT2D eigenvalue weighted by atomic mass is 9.68. The Morgan fingerprint density at radius 1 is 1.23 bits per heavy atom. The summed E-state index contributed by atoms with van der Waals surface area (Å²) in [7, 11) is 0. The van der Waals surface area contributed by atoms with E-state index in [0.717, 1.165) is 49.6 Å². The molecule has 30 heavy (non-hydrogen) atoms. The fraction of sp³-hybridized carbons (Fsp3) is 0.478. The van der Waals surface area contributed by atoms with Crippen molar-refractivity contribution < 1.29 is 9.53 Å². The van der Waals surface area contributed by atoms with Crippen LogP contribution in [0.4, 0.5) is 5.82 Å². The molecule has 1 aliphatic heterocycles. The predicted molar refractivity (Wildman–Crippen MR) is 119 cm³/mol. The number of halogens is 1. The largest absolute Gasteiger partial charge is 0.378 e. The van der Waals surface area contributed by atoms with Gasteiger partial charge in [0.05, 0.1) is 18.8 Å². The second-order valence-corrected chi connectivity index (χ2v) is 8.68. The number of nitrogens with zero attached hydrogens (tertiary/aromatic N) is 2. The molecule has 1 aromatic heterocycles. The zero-order valence-electron chi connectivity index (χ0n) is 17.1. The second-order valence-electron chi connectivity index (χ2n) is 8.25. The number of carbonyl (C=O) groups excluding carboxylic acids is 1. The van der Waals surface area contributed by atoms with E-state index in [0.29, 0.717) is 25.3 Å². The van der Waals surface area contributed by atoms with E-state index in [1.165, 1.54) is 5.56 Å². The number of rotatable bonds is 5. The Balaban J connectivity index is 1.35. The molecular weight excluding hydrogens is 400 g/mol. The third kappa shape index (κ3) is 4.61. The molecule has 1 saturated heterocycles. The van der Waals surface area contributed by atoms with E-state index in [-0.39, 0.29) is 17.4 Å². The van der Waals surface area contributed by atoms with Crippen molar-refractivity contribution >= 4 is 23.3 Å². The molecule has 0 unspecified atom stereocenters. The van der Waals surface area contributed by atoms with E-state index in [1.807, 2.05) is 30.3 Å². The van der Waals surface area contributed by atoms with Crippen LogP contribution >= 0.6 is 11.6 Å². The molecule has 7 heteroatoms. The SMILES string of the molecule is NC[C@]1(c2cccc(Cl)c2)CC[C@H](NC(=O)c2ccc(N3CCOCC3)nc2)CC1. The van der Waals surface area contributed by atoms with E-state index in [9.17, 15) is 4.79 Å². The van der Waals surface area contributed by atoms with Crippen molar-refractivity contribution in [1.82, 2.24) is 10.3 Å². The molecule has 2 heterocycles. The zero-order chi connectivity index (χ0) is 21.0. The number of amides is 1. The monoisotopic (exact) mass is 428 g/mol. The average molecular weight is 429 g/mol. The van der Waals surface area contributed by atoms with E-state index >= 15 is 0 Å². The van der Waals surface area contributed by atoms with Crippen LogP contribution in [0.1, 0.15) is 41.6 Å². The van der Waals surface area contributed by atoms with E-state index in [4.69, 9.17) is 22.1 Å².